The van der Waals surface area contributed by atoms with Crippen LogP contribution in [-0.4, -0.2) is 9.78 Å². The van der Waals surface area contributed by atoms with Gasteiger partial charge in [0.05, 0.1) is 12.2 Å². The minimum absolute atomic E-state index is 0.511. The van der Waals surface area contributed by atoms with E-state index in [0.717, 1.165) is 12.2 Å². The van der Waals surface area contributed by atoms with E-state index in [1.807, 2.05) is 23.0 Å². The van der Waals surface area contributed by atoms with E-state index in [1.54, 1.807) is 11.3 Å². The first-order valence-electron chi connectivity index (χ1n) is 4.13. The number of rotatable bonds is 3. The topological polar surface area (TPSA) is 43.8 Å². The number of aromatic nitrogens is 2. The zero-order valence-corrected chi connectivity index (χ0v) is 8.00. The van der Waals surface area contributed by atoms with E-state index in [-0.39, 0.29) is 0 Å². The lowest BCUT2D eigenvalue weighted by molar-refractivity contribution is 0.679. The molecule has 0 aromatic carbocycles. The number of nitrogens with two attached hydrogens (primary N) is 1. The van der Waals surface area contributed by atoms with Crippen LogP contribution in [0.25, 0.3) is 0 Å². The first kappa shape index (κ1) is 8.47. The van der Waals surface area contributed by atoms with Gasteiger partial charge in [0.2, 0.25) is 0 Å². The number of thiophene rings is 1. The van der Waals surface area contributed by atoms with Gasteiger partial charge in [-0.1, -0.05) is 6.07 Å². The average Bonchev–Trinajstić information content (AvgIpc) is 2.76. The zero-order chi connectivity index (χ0) is 9.10. The van der Waals surface area contributed by atoms with Crippen molar-refractivity contribution < 1.29 is 0 Å². The van der Waals surface area contributed by atoms with Crippen molar-refractivity contribution in [2.24, 2.45) is 5.73 Å². The third-order valence-electron chi connectivity index (χ3n) is 1.80. The van der Waals surface area contributed by atoms with E-state index in [0.29, 0.717) is 6.54 Å². The molecule has 0 saturated heterocycles. The summed E-state index contributed by atoms with van der Waals surface area (Å²) in [6.45, 7) is 1.36. The van der Waals surface area contributed by atoms with Gasteiger partial charge in [-0.2, -0.15) is 5.10 Å². The standard InChI is InChI=1S/C9H11N3S/c10-6-8-3-4-12(11-8)7-9-2-1-5-13-9/h1-5H,6-7,10H2. The molecule has 0 atom stereocenters. The second kappa shape index (κ2) is 3.72. The fraction of sp³-hybridized carbons (Fsp3) is 0.222. The van der Waals surface area contributed by atoms with Gasteiger partial charge in [-0.25, -0.2) is 0 Å². The molecule has 0 aliphatic carbocycles. The van der Waals surface area contributed by atoms with Crippen LogP contribution in [0.15, 0.2) is 29.8 Å². The van der Waals surface area contributed by atoms with Gasteiger partial charge >= 0.3 is 0 Å². The molecule has 2 N–H and O–H groups in total. The van der Waals surface area contributed by atoms with E-state index in [4.69, 9.17) is 5.73 Å². The van der Waals surface area contributed by atoms with Crippen LogP contribution in [0.2, 0.25) is 0 Å². The van der Waals surface area contributed by atoms with Crippen molar-refractivity contribution in [2.45, 2.75) is 13.1 Å². The molecule has 2 rings (SSSR count). The smallest absolute Gasteiger partial charge is 0.0760 e. The molecule has 0 spiro atoms. The monoisotopic (exact) mass is 193 g/mol. The van der Waals surface area contributed by atoms with Gasteiger partial charge in [0.1, 0.15) is 0 Å². The highest BCUT2D eigenvalue weighted by molar-refractivity contribution is 7.09. The Labute approximate surface area is 80.8 Å². The molecule has 0 fully saturated rings. The summed E-state index contributed by atoms with van der Waals surface area (Å²) >= 11 is 1.74. The third-order valence-corrected chi connectivity index (χ3v) is 2.66. The van der Waals surface area contributed by atoms with E-state index in [1.165, 1.54) is 4.88 Å². The Hall–Kier alpha value is -1.13. The molecule has 13 heavy (non-hydrogen) atoms. The minimum atomic E-state index is 0.511. The van der Waals surface area contributed by atoms with E-state index >= 15 is 0 Å². The van der Waals surface area contributed by atoms with Crippen LogP contribution in [0.5, 0.6) is 0 Å². The summed E-state index contributed by atoms with van der Waals surface area (Å²) in [5.74, 6) is 0. The first-order valence-corrected chi connectivity index (χ1v) is 5.01. The van der Waals surface area contributed by atoms with Gasteiger partial charge in [-0.05, 0) is 17.5 Å². The van der Waals surface area contributed by atoms with E-state index in [9.17, 15) is 0 Å². The summed E-state index contributed by atoms with van der Waals surface area (Å²) in [6.07, 6.45) is 1.96. The van der Waals surface area contributed by atoms with Crippen LogP contribution < -0.4 is 5.73 Å². The van der Waals surface area contributed by atoms with Crippen molar-refractivity contribution in [3.8, 4) is 0 Å². The molecule has 2 aromatic heterocycles. The largest absolute Gasteiger partial charge is 0.325 e. The maximum atomic E-state index is 5.46. The number of nitrogens with zero attached hydrogens (tertiary/aromatic N) is 2. The summed E-state index contributed by atoms with van der Waals surface area (Å²) < 4.78 is 1.91. The molecule has 0 aliphatic rings. The number of hydrogen-bond donors (Lipinski definition) is 1. The summed E-state index contributed by atoms with van der Waals surface area (Å²) in [7, 11) is 0. The van der Waals surface area contributed by atoms with Gasteiger partial charge in [0, 0.05) is 17.6 Å². The maximum absolute atomic E-state index is 5.46. The Morgan fingerprint density at radius 2 is 2.38 bits per heavy atom. The van der Waals surface area contributed by atoms with Crippen molar-refractivity contribution in [2.75, 3.05) is 0 Å². The lowest BCUT2D eigenvalue weighted by Gasteiger charge is -1.96. The van der Waals surface area contributed by atoms with Gasteiger partial charge in [-0.15, -0.1) is 11.3 Å². The third kappa shape index (κ3) is 1.96. The fourth-order valence-electron chi connectivity index (χ4n) is 1.16. The van der Waals surface area contributed by atoms with Crippen LogP contribution in [0.3, 0.4) is 0 Å². The predicted octanol–water partition coefficient (Wildman–Crippen LogP) is 1.45. The van der Waals surface area contributed by atoms with E-state index < -0.39 is 0 Å². The Kier molecular flexibility index (Phi) is 2.42. The molecule has 0 saturated carbocycles. The van der Waals surface area contributed by atoms with Gasteiger partial charge in [0.15, 0.2) is 0 Å². The van der Waals surface area contributed by atoms with Crippen molar-refractivity contribution in [1.82, 2.24) is 9.78 Å². The molecule has 0 amide bonds. The first-order chi connectivity index (χ1) is 6.38. The van der Waals surface area contributed by atoms with Crippen molar-refractivity contribution in [3.05, 3.63) is 40.3 Å². The van der Waals surface area contributed by atoms with Gasteiger partial charge in [0.25, 0.3) is 0 Å². The molecular formula is C9H11N3S. The van der Waals surface area contributed by atoms with E-state index in [2.05, 4.69) is 16.5 Å². The molecule has 2 aromatic rings. The molecule has 4 heteroatoms. The SMILES string of the molecule is NCc1ccn(Cc2cccs2)n1. The summed E-state index contributed by atoms with van der Waals surface area (Å²) in [4.78, 5) is 1.31. The second-order valence-corrected chi connectivity index (χ2v) is 3.82. The fourth-order valence-corrected chi connectivity index (χ4v) is 1.86. The molecule has 0 bridgehead atoms. The highest BCUT2D eigenvalue weighted by Gasteiger charge is 1.98. The van der Waals surface area contributed by atoms with Crippen LogP contribution in [0.1, 0.15) is 10.6 Å². The lowest BCUT2D eigenvalue weighted by Crippen LogP contribution is -2.02. The summed E-state index contributed by atoms with van der Waals surface area (Å²) in [5, 5.41) is 6.37. The van der Waals surface area contributed by atoms with Crippen LogP contribution in [-0.2, 0) is 13.1 Å². The van der Waals surface area contributed by atoms with Crippen molar-refractivity contribution in [3.63, 3.8) is 0 Å². The van der Waals surface area contributed by atoms with Gasteiger partial charge in [-0.3, -0.25) is 4.68 Å². The van der Waals surface area contributed by atoms with Gasteiger partial charge < -0.3 is 5.73 Å². The normalized spacial score (nSPS) is 10.5. The molecule has 0 radical (unpaired) electrons. The molecular weight excluding hydrogens is 182 g/mol. The van der Waals surface area contributed by atoms with Crippen molar-refractivity contribution in [1.29, 1.82) is 0 Å². The second-order valence-electron chi connectivity index (χ2n) is 2.79. The zero-order valence-electron chi connectivity index (χ0n) is 7.18. The molecule has 68 valence electrons. The Morgan fingerprint density at radius 3 is 3.00 bits per heavy atom. The van der Waals surface area contributed by atoms with Crippen LogP contribution in [0, 0.1) is 0 Å². The Bertz CT molecular complexity index is 364. The Morgan fingerprint density at radius 1 is 1.46 bits per heavy atom. The highest BCUT2D eigenvalue weighted by Crippen LogP contribution is 2.09. The number of hydrogen-bond acceptors (Lipinski definition) is 3. The van der Waals surface area contributed by atoms with Crippen LogP contribution in [0.4, 0.5) is 0 Å². The molecule has 0 aliphatic heterocycles. The predicted molar refractivity (Wildman–Crippen MR) is 53.5 cm³/mol. The highest BCUT2D eigenvalue weighted by atomic mass is 32.1. The molecule has 2 heterocycles. The average molecular weight is 193 g/mol. The van der Waals surface area contributed by atoms with Crippen molar-refractivity contribution >= 4 is 11.3 Å². The maximum Gasteiger partial charge on any atom is 0.0760 e. The molecule has 3 nitrogen and oxygen atoms in total. The minimum Gasteiger partial charge on any atom is -0.325 e. The summed E-state index contributed by atoms with van der Waals surface area (Å²) in [6, 6.07) is 6.11. The quantitative estimate of drug-likeness (QED) is 0.801. The Balaban J connectivity index is 2.10. The summed E-state index contributed by atoms with van der Waals surface area (Å²) in [5.41, 5.74) is 6.40. The van der Waals surface area contributed by atoms with Crippen LogP contribution >= 0.6 is 11.3 Å². The lowest BCUT2D eigenvalue weighted by atomic mass is 10.4. The molecule has 0 unspecified atom stereocenters.